The number of pyridine rings is 1. The number of hydrogen-bond donors (Lipinski definition) is 0. The van der Waals surface area contributed by atoms with Crippen LogP contribution >= 0.6 is 11.6 Å². The van der Waals surface area contributed by atoms with Gasteiger partial charge in [-0.1, -0.05) is 24.6 Å². The third-order valence-corrected chi connectivity index (χ3v) is 3.76. The van der Waals surface area contributed by atoms with Crippen LogP contribution in [0.25, 0.3) is 11.3 Å². The van der Waals surface area contributed by atoms with E-state index in [9.17, 15) is 4.79 Å². The van der Waals surface area contributed by atoms with Crippen LogP contribution in [-0.2, 0) is 12.4 Å². The van der Waals surface area contributed by atoms with Crippen molar-refractivity contribution in [1.82, 2.24) is 4.57 Å². The highest BCUT2D eigenvalue weighted by Gasteiger charge is 2.13. The third-order valence-electron chi connectivity index (χ3n) is 3.48. The predicted molar refractivity (Wildman–Crippen MR) is 87.3 cm³/mol. The fourth-order valence-corrected chi connectivity index (χ4v) is 2.63. The summed E-state index contributed by atoms with van der Waals surface area (Å²) in [6, 6.07) is 9.73. The summed E-state index contributed by atoms with van der Waals surface area (Å²) in [5.41, 5.74) is 3.54. The van der Waals surface area contributed by atoms with Crippen LogP contribution < -0.4 is 10.3 Å². The van der Waals surface area contributed by atoms with Gasteiger partial charge >= 0.3 is 0 Å². The number of methoxy groups -OCH3 is 1. The molecule has 21 heavy (non-hydrogen) atoms. The van der Waals surface area contributed by atoms with Crippen LogP contribution in [0.3, 0.4) is 0 Å². The van der Waals surface area contributed by atoms with Crippen molar-refractivity contribution in [2.24, 2.45) is 0 Å². The second kappa shape index (κ2) is 6.81. The highest BCUT2D eigenvalue weighted by Crippen LogP contribution is 2.30. The molecule has 0 spiro atoms. The van der Waals surface area contributed by atoms with Gasteiger partial charge < -0.3 is 9.30 Å². The van der Waals surface area contributed by atoms with E-state index in [-0.39, 0.29) is 11.4 Å². The normalized spacial score (nSPS) is 10.7. The van der Waals surface area contributed by atoms with E-state index in [0.717, 1.165) is 29.0 Å². The van der Waals surface area contributed by atoms with Crippen LogP contribution in [-0.4, -0.2) is 11.7 Å². The van der Waals surface area contributed by atoms with E-state index < -0.39 is 0 Å². The standard InChI is InChI=1S/C17H20ClNO2/c1-4-9-19-15(7-6-13(11-18)17(19)20)14-10-12(2)5-8-16(14)21-3/h5-8,10H,4,9,11H2,1-3H3. The van der Waals surface area contributed by atoms with Crippen molar-refractivity contribution in [2.45, 2.75) is 32.7 Å². The Morgan fingerprint density at radius 1 is 1.24 bits per heavy atom. The summed E-state index contributed by atoms with van der Waals surface area (Å²) in [6.07, 6.45) is 0.882. The summed E-state index contributed by atoms with van der Waals surface area (Å²) < 4.78 is 7.23. The van der Waals surface area contributed by atoms with Crippen molar-refractivity contribution in [3.05, 3.63) is 51.8 Å². The van der Waals surface area contributed by atoms with E-state index in [4.69, 9.17) is 16.3 Å². The number of halogens is 1. The van der Waals surface area contributed by atoms with E-state index in [1.807, 2.05) is 31.2 Å². The van der Waals surface area contributed by atoms with Gasteiger partial charge in [0.05, 0.1) is 18.7 Å². The fraction of sp³-hybridized carbons (Fsp3) is 0.353. The number of hydrogen-bond acceptors (Lipinski definition) is 2. The molecule has 112 valence electrons. The Hall–Kier alpha value is -1.74. The highest BCUT2D eigenvalue weighted by molar-refractivity contribution is 6.17. The van der Waals surface area contributed by atoms with Gasteiger partial charge in [-0.3, -0.25) is 4.79 Å². The molecular formula is C17H20ClNO2. The maximum Gasteiger partial charge on any atom is 0.255 e. The minimum absolute atomic E-state index is 0.0205. The molecule has 0 atom stereocenters. The van der Waals surface area contributed by atoms with Gasteiger partial charge in [0.1, 0.15) is 5.75 Å². The summed E-state index contributed by atoms with van der Waals surface area (Å²) >= 11 is 5.85. The smallest absolute Gasteiger partial charge is 0.255 e. The summed E-state index contributed by atoms with van der Waals surface area (Å²) in [7, 11) is 1.64. The third kappa shape index (κ3) is 3.13. The van der Waals surface area contributed by atoms with Crippen molar-refractivity contribution >= 4 is 11.6 Å². The first kappa shape index (κ1) is 15.6. The molecule has 0 bridgehead atoms. The molecule has 2 aromatic rings. The Labute approximate surface area is 130 Å². The van der Waals surface area contributed by atoms with E-state index in [0.29, 0.717) is 12.1 Å². The van der Waals surface area contributed by atoms with Gasteiger partial charge in [-0.15, -0.1) is 11.6 Å². The van der Waals surface area contributed by atoms with E-state index in [1.165, 1.54) is 0 Å². The molecule has 0 unspecified atom stereocenters. The molecule has 0 aliphatic heterocycles. The summed E-state index contributed by atoms with van der Waals surface area (Å²) in [4.78, 5) is 12.5. The lowest BCUT2D eigenvalue weighted by atomic mass is 10.1. The van der Waals surface area contributed by atoms with Gasteiger partial charge in [-0.05, 0) is 31.5 Å². The molecule has 0 saturated carbocycles. The van der Waals surface area contributed by atoms with Gasteiger partial charge in [0.25, 0.3) is 5.56 Å². The number of aromatic nitrogens is 1. The zero-order chi connectivity index (χ0) is 15.4. The molecule has 0 aliphatic rings. The van der Waals surface area contributed by atoms with Crippen LogP contribution in [0.1, 0.15) is 24.5 Å². The molecule has 0 radical (unpaired) electrons. The van der Waals surface area contributed by atoms with Gasteiger partial charge in [-0.25, -0.2) is 0 Å². The Morgan fingerprint density at radius 2 is 2.00 bits per heavy atom. The highest BCUT2D eigenvalue weighted by atomic mass is 35.5. The van der Waals surface area contributed by atoms with Crippen molar-refractivity contribution in [1.29, 1.82) is 0 Å². The monoisotopic (exact) mass is 305 g/mol. The van der Waals surface area contributed by atoms with Gasteiger partial charge in [0.2, 0.25) is 0 Å². The molecule has 1 heterocycles. The largest absolute Gasteiger partial charge is 0.496 e. The average Bonchev–Trinajstić information content (AvgIpc) is 2.49. The maximum absolute atomic E-state index is 12.5. The zero-order valence-corrected chi connectivity index (χ0v) is 13.4. The first-order valence-corrected chi connectivity index (χ1v) is 7.59. The average molecular weight is 306 g/mol. The zero-order valence-electron chi connectivity index (χ0n) is 12.6. The van der Waals surface area contributed by atoms with E-state index in [2.05, 4.69) is 6.92 Å². The number of aryl methyl sites for hydroxylation is 1. The Bertz CT molecular complexity index is 692. The van der Waals surface area contributed by atoms with Crippen molar-refractivity contribution in [2.75, 3.05) is 7.11 Å². The molecule has 0 aliphatic carbocycles. The molecule has 4 heteroatoms. The molecular weight excluding hydrogens is 286 g/mol. The molecule has 0 fully saturated rings. The van der Waals surface area contributed by atoms with Gasteiger partial charge in [-0.2, -0.15) is 0 Å². The summed E-state index contributed by atoms with van der Waals surface area (Å²) in [5, 5.41) is 0. The van der Waals surface area contributed by atoms with Crippen LogP contribution in [0.4, 0.5) is 0 Å². The van der Waals surface area contributed by atoms with Crippen molar-refractivity contribution in [3.8, 4) is 17.0 Å². The number of ether oxygens (including phenoxy) is 1. The second-order valence-corrected chi connectivity index (χ2v) is 5.31. The van der Waals surface area contributed by atoms with Crippen LogP contribution in [0.15, 0.2) is 35.1 Å². The van der Waals surface area contributed by atoms with Gasteiger partial charge in [0, 0.05) is 17.7 Å². The number of rotatable bonds is 5. The lowest BCUT2D eigenvalue weighted by Gasteiger charge is -2.16. The lowest BCUT2D eigenvalue weighted by Crippen LogP contribution is -2.24. The van der Waals surface area contributed by atoms with Crippen LogP contribution in [0, 0.1) is 6.92 Å². The molecule has 1 aromatic carbocycles. The summed E-state index contributed by atoms with van der Waals surface area (Å²) in [6.45, 7) is 4.74. The van der Waals surface area contributed by atoms with Crippen molar-refractivity contribution in [3.63, 3.8) is 0 Å². The number of alkyl halides is 1. The Morgan fingerprint density at radius 3 is 2.62 bits per heavy atom. The van der Waals surface area contributed by atoms with Gasteiger partial charge in [0.15, 0.2) is 0 Å². The molecule has 0 saturated heterocycles. The molecule has 2 rings (SSSR count). The van der Waals surface area contributed by atoms with E-state index >= 15 is 0 Å². The molecule has 1 aromatic heterocycles. The molecule has 0 N–H and O–H groups in total. The topological polar surface area (TPSA) is 31.2 Å². The molecule has 0 amide bonds. The fourth-order valence-electron chi connectivity index (χ4n) is 2.43. The first-order chi connectivity index (χ1) is 10.1. The minimum atomic E-state index is -0.0205. The summed E-state index contributed by atoms with van der Waals surface area (Å²) in [5.74, 6) is 0.997. The predicted octanol–water partition coefficient (Wildman–Crippen LogP) is 3.98. The quantitative estimate of drug-likeness (QED) is 0.782. The van der Waals surface area contributed by atoms with E-state index in [1.54, 1.807) is 17.7 Å². The maximum atomic E-state index is 12.5. The second-order valence-electron chi connectivity index (χ2n) is 5.04. The Balaban J connectivity index is 2.71. The van der Waals surface area contributed by atoms with Crippen molar-refractivity contribution < 1.29 is 4.74 Å². The number of benzene rings is 1. The molecule has 3 nitrogen and oxygen atoms in total. The SMILES string of the molecule is CCCn1c(-c2cc(C)ccc2OC)ccc(CCl)c1=O. The lowest BCUT2D eigenvalue weighted by molar-refractivity contribution is 0.416. The van der Waals surface area contributed by atoms with Crippen LogP contribution in [0.5, 0.6) is 5.75 Å². The van der Waals surface area contributed by atoms with Crippen LogP contribution in [0.2, 0.25) is 0 Å². The minimum Gasteiger partial charge on any atom is -0.496 e. The number of nitrogens with zero attached hydrogens (tertiary/aromatic N) is 1. The Kier molecular flexibility index (Phi) is 5.07. The first-order valence-electron chi connectivity index (χ1n) is 7.06.